The van der Waals surface area contributed by atoms with Gasteiger partial charge in [-0.1, -0.05) is 40.5 Å². The minimum atomic E-state index is -0.190. The molecule has 0 saturated heterocycles. The number of nitrogens with one attached hydrogen (secondary N) is 1. The quantitative estimate of drug-likeness (QED) is 0.748. The van der Waals surface area contributed by atoms with Gasteiger partial charge >= 0.3 is 0 Å². The van der Waals surface area contributed by atoms with Crippen LogP contribution in [0.4, 0.5) is 0 Å². The predicted octanol–water partition coefficient (Wildman–Crippen LogP) is 2.30. The first-order valence-electron chi connectivity index (χ1n) is 6.98. The fourth-order valence-corrected chi connectivity index (χ4v) is 3.27. The molecular weight excluding hydrogens is 212 g/mol. The number of hydrogen-bond donors (Lipinski definition) is 2. The predicted molar refractivity (Wildman–Crippen MR) is 71.5 cm³/mol. The molecule has 0 aromatic heterocycles. The van der Waals surface area contributed by atoms with Gasteiger partial charge in [-0.05, 0) is 30.6 Å². The zero-order valence-electron chi connectivity index (χ0n) is 11.7. The second-order valence-corrected chi connectivity index (χ2v) is 6.09. The van der Waals surface area contributed by atoms with Gasteiger partial charge in [0, 0.05) is 6.04 Å². The van der Waals surface area contributed by atoms with E-state index >= 15 is 0 Å². The molecule has 3 heteroatoms. The number of carbonyl (C=O) groups is 1. The van der Waals surface area contributed by atoms with Gasteiger partial charge < -0.3 is 11.1 Å². The molecule has 1 fully saturated rings. The van der Waals surface area contributed by atoms with Crippen molar-refractivity contribution in [3.63, 3.8) is 0 Å². The summed E-state index contributed by atoms with van der Waals surface area (Å²) in [6, 6.07) is 0.325. The Balaban J connectivity index is 2.71. The first-order chi connectivity index (χ1) is 7.93. The highest BCUT2D eigenvalue weighted by atomic mass is 16.1. The smallest absolute Gasteiger partial charge is 0.234 e. The molecule has 100 valence electrons. The van der Waals surface area contributed by atoms with E-state index in [1.807, 2.05) is 0 Å². The van der Waals surface area contributed by atoms with E-state index in [1.165, 1.54) is 25.7 Å². The maximum atomic E-state index is 11.7. The van der Waals surface area contributed by atoms with Gasteiger partial charge in [0.25, 0.3) is 0 Å². The van der Waals surface area contributed by atoms with Crippen molar-refractivity contribution >= 4 is 5.91 Å². The number of amides is 1. The summed E-state index contributed by atoms with van der Waals surface area (Å²) in [7, 11) is 0. The van der Waals surface area contributed by atoms with Crippen molar-refractivity contribution in [3.8, 4) is 0 Å². The maximum absolute atomic E-state index is 11.7. The van der Waals surface area contributed by atoms with Gasteiger partial charge in [0.2, 0.25) is 5.91 Å². The van der Waals surface area contributed by atoms with Crippen LogP contribution >= 0.6 is 0 Å². The van der Waals surface area contributed by atoms with E-state index in [2.05, 4.69) is 33.0 Å². The summed E-state index contributed by atoms with van der Waals surface area (Å²) in [6.45, 7) is 8.71. The summed E-state index contributed by atoms with van der Waals surface area (Å²) < 4.78 is 0. The Bertz CT molecular complexity index is 237. The Morgan fingerprint density at radius 1 is 1.12 bits per heavy atom. The van der Waals surface area contributed by atoms with E-state index in [4.69, 9.17) is 5.73 Å². The molecule has 1 atom stereocenters. The van der Waals surface area contributed by atoms with Crippen LogP contribution in [0.2, 0.25) is 0 Å². The van der Waals surface area contributed by atoms with Gasteiger partial charge in [-0.3, -0.25) is 4.79 Å². The lowest BCUT2D eigenvalue weighted by Gasteiger charge is -2.33. The third-order valence-corrected chi connectivity index (χ3v) is 4.00. The lowest BCUT2D eigenvalue weighted by Crippen LogP contribution is -2.52. The second-order valence-electron chi connectivity index (χ2n) is 6.09. The molecule has 0 aliphatic heterocycles. The van der Waals surface area contributed by atoms with Crippen LogP contribution in [0.25, 0.3) is 0 Å². The third kappa shape index (κ3) is 3.98. The average Bonchev–Trinajstić information content (AvgIpc) is 2.67. The van der Waals surface area contributed by atoms with Gasteiger partial charge in [-0.15, -0.1) is 0 Å². The number of primary amides is 1. The Kier molecular flexibility index (Phi) is 5.44. The Morgan fingerprint density at radius 2 is 1.59 bits per heavy atom. The van der Waals surface area contributed by atoms with E-state index < -0.39 is 0 Å². The van der Waals surface area contributed by atoms with Crippen molar-refractivity contribution in [2.75, 3.05) is 0 Å². The number of nitrogens with two attached hydrogens (primary N) is 1. The van der Waals surface area contributed by atoms with Crippen molar-refractivity contribution in [1.82, 2.24) is 5.32 Å². The lowest BCUT2D eigenvalue weighted by molar-refractivity contribution is -0.122. The van der Waals surface area contributed by atoms with Crippen LogP contribution in [0, 0.1) is 17.8 Å². The molecule has 1 saturated carbocycles. The Labute approximate surface area is 106 Å². The van der Waals surface area contributed by atoms with Crippen LogP contribution in [-0.2, 0) is 4.79 Å². The molecule has 1 aliphatic carbocycles. The summed E-state index contributed by atoms with van der Waals surface area (Å²) in [4.78, 5) is 11.7. The zero-order chi connectivity index (χ0) is 13.0. The van der Waals surface area contributed by atoms with Gasteiger partial charge in [0.1, 0.15) is 0 Å². The second kappa shape index (κ2) is 6.39. The number of carbonyl (C=O) groups excluding carboxylic acids is 1. The molecule has 0 spiro atoms. The van der Waals surface area contributed by atoms with Crippen molar-refractivity contribution in [2.24, 2.45) is 23.5 Å². The zero-order valence-corrected chi connectivity index (χ0v) is 11.7. The molecule has 0 aromatic rings. The summed E-state index contributed by atoms with van der Waals surface area (Å²) in [5.41, 5.74) is 5.59. The summed E-state index contributed by atoms with van der Waals surface area (Å²) >= 11 is 0. The topological polar surface area (TPSA) is 55.1 Å². The molecule has 17 heavy (non-hydrogen) atoms. The monoisotopic (exact) mass is 240 g/mol. The normalized spacial score (nSPS) is 19.5. The molecule has 1 aliphatic rings. The molecule has 3 nitrogen and oxygen atoms in total. The van der Waals surface area contributed by atoms with E-state index in [1.54, 1.807) is 0 Å². The number of hydrogen-bond acceptors (Lipinski definition) is 2. The number of rotatable bonds is 6. The third-order valence-electron chi connectivity index (χ3n) is 4.00. The van der Waals surface area contributed by atoms with Gasteiger partial charge in [0.05, 0.1) is 6.04 Å². The fourth-order valence-electron chi connectivity index (χ4n) is 3.27. The van der Waals surface area contributed by atoms with E-state index in [-0.39, 0.29) is 11.9 Å². The van der Waals surface area contributed by atoms with Gasteiger partial charge in [-0.25, -0.2) is 0 Å². The molecule has 3 N–H and O–H groups in total. The molecule has 0 aromatic carbocycles. The highest BCUT2D eigenvalue weighted by Gasteiger charge is 2.33. The molecule has 0 radical (unpaired) electrons. The SMILES string of the molecule is CC(C)C(C(C)C)C(NC1CCCC1)C(N)=O. The molecule has 1 rings (SSSR count). The van der Waals surface area contributed by atoms with Crippen LogP contribution in [0.5, 0.6) is 0 Å². The van der Waals surface area contributed by atoms with Crippen molar-refractivity contribution in [2.45, 2.75) is 65.5 Å². The minimum Gasteiger partial charge on any atom is -0.368 e. The highest BCUT2D eigenvalue weighted by molar-refractivity contribution is 5.80. The van der Waals surface area contributed by atoms with Crippen LogP contribution in [0.3, 0.4) is 0 Å². The fraction of sp³-hybridized carbons (Fsp3) is 0.929. The molecule has 1 amide bonds. The van der Waals surface area contributed by atoms with E-state index in [0.29, 0.717) is 23.8 Å². The maximum Gasteiger partial charge on any atom is 0.234 e. The van der Waals surface area contributed by atoms with Crippen LogP contribution < -0.4 is 11.1 Å². The lowest BCUT2D eigenvalue weighted by atomic mass is 9.79. The molecule has 0 heterocycles. The average molecular weight is 240 g/mol. The van der Waals surface area contributed by atoms with Crippen molar-refractivity contribution in [1.29, 1.82) is 0 Å². The minimum absolute atomic E-state index is 0.168. The molecular formula is C14H28N2O. The largest absolute Gasteiger partial charge is 0.368 e. The Hall–Kier alpha value is -0.570. The summed E-state index contributed by atoms with van der Waals surface area (Å²) in [5, 5.41) is 3.50. The van der Waals surface area contributed by atoms with Gasteiger partial charge in [0.15, 0.2) is 0 Å². The van der Waals surface area contributed by atoms with E-state index in [0.717, 1.165) is 0 Å². The first kappa shape index (κ1) is 14.5. The summed E-state index contributed by atoms with van der Waals surface area (Å²) in [5.74, 6) is 1.08. The Morgan fingerprint density at radius 3 is 1.94 bits per heavy atom. The van der Waals surface area contributed by atoms with E-state index in [9.17, 15) is 4.79 Å². The first-order valence-corrected chi connectivity index (χ1v) is 6.98. The van der Waals surface area contributed by atoms with Crippen LogP contribution in [0.15, 0.2) is 0 Å². The standard InChI is InChI=1S/C14H28N2O/c1-9(2)12(10(3)4)13(14(15)17)16-11-7-5-6-8-11/h9-13,16H,5-8H2,1-4H3,(H2,15,17). The van der Waals surface area contributed by atoms with Gasteiger partial charge in [-0.2, -0.15) is 0 Å². The van der Waals surface area contributed by atoms with Crippen molar-refractivity contribution < 1.29 is 4.79 Å². The molecule has 0 bridgehead atoms. The van der Waals surface area contributed by atoms with Crippen LogP contribution in [-0.4, -0.2) is 18.0 Å². The highest BCUT2D eigenvalue weighted by Crippen LogP contribution is 2.26. The molecule has 1 unspecified atom stereocenters. The summed E-state index contributed by atoms with van der Waals surface area (Å²) in [6.07, 6.45) is 4.92. The van der Waals surface area contributed by atoms with Crippen molar-refractivity contribution in [3.05, 3.63) is 0 Å². The van der Waals surface area contributed by atoms with Crippen LogP contribution in [0.1, 0.15) is 53.4 Å².